The normalized spacial score (nSPS) is 13.4. The predicted octanol–water partition coefficient (Wildman–Crippen LogP) is 14.3. The van der Waals surface area contributed by atoms with Gasteiger partial charge in [0.2, 0.25) is 5.91 Å². The molecule has 3 unspecified atom stereocenters. The summed E-state index contributed by atoms with van der Waals surface area (Å²) in [4.78, 5) is 26.0. The van der Waals surface area contributed by atoms with Gasteiger partial charge in [0, 0.05) is 6.42 Å². The Morgan fingerprint density at radius 2 is 0.857 bits per heavy atom. The highest BCUT2D eigenvalue weighted by atomic mass is 16.5. The average molecular weight is 790 g/mol. The van der Waals surface area contributed by atoms with Crippen LogP contribution >= 0.6 is 0 Å². The predicted molar refractivity (Wildman–Crippen MR) is 241 cm³/mol. The summed E-state index contributed by atoms with van der Waals surface area (Å²) in [5, 5.41) is 23.7. The topological polar surface area (TPSA) is 95.9 Å². The van der Waals surface area contributed by atoms with E-state index in [1.807, 2.05) is 0 Å². The van der Waals surface area contributed by atoms with Gasteiger partial charge in [-0.2, -0.15) is 0 Å². The summed E-state index contributed by atoms with van der Waals surface area (Å²) in [5.74, 6) is -0.493. The van der Waals surface area contributed by atoms with Crippen molar-refractivity contribution in [3.8, 4) is 0 Å². The van der Waals surface area contributed by atoms with Crippen LogP contribution in [0.3, 0.4) is 0 Å². The van der Waals surface area contributed by atoms with Gasteiger partial charge in [-0.1, -0.05) is 193 Å². The molecule has 0 bridgehead atoms. The van der Waals surface area contributed by atoms with Crippen molar-refractivity contribution in [3.05, 3.63) is 24.3 Å². The highest BCUT2D eigenvalue weighted by Crippen LogP contribution is 2.17. The van der Waals surface area contributed by atoms with Gasteiger partial charge in [-0.05, 0) is 77.0 Å². The number of amides is 1. The van der Waals surface area contributed by atoms with Crippen molar-refractivity contribution < 1.29 is 24.5 Å². The fourth-order valence-corrected chi connectivity index (χ4v) is 7.48. The summed E-state index contributed by atoms with van der Waals surface area (Å²) in [6, 6.07) is -0.702. The highest BCUT2D eigenvalue weighted by molar-refractivity contribution is 5.77. The number of carbonyl (C=O) groups excluding carboxylic acids is 2. The molecule has 0 fully saturated rings. The second kappa shape index (κ2) is 44.4. The fraction of sp³-hybridized carbons (Fsp3) is 0.880. The molecule has 0 spiro atoms. The van der Waals surface area contributed by atoms with E-state index in [2.05, 4.69) is 50.4 Å². The average Bonchev–Trinajstić information content (AvgIpc) is 3.19. The second-order valence-electron chi connectivity index (χ2n) is 16.9. The summed E-state index contributed by atoms with van der Waals surface area (Å²) in [5.41, 5.74) is 0. The number of hydrogen-bond donors (Lipinski definition) is 3. The minimum atomic E-state index is -0.787. The Balaban J connectivity index is 4.61. The molecule has 0 radical (unpaired) electrons. The Bertz CT molecular complexity index is 889. The van der Waals surface area contributed by atoms with E-state index in [1.54, 1.807) is 0 Å². The van der Waals surface area contributed by atoms with Crippen LogP contribution in [0.15, 0.2) is 24.3 Å². The molecule has 0 aromatic carbocycles. The molecular formula is C50H95NO5. The minimum absolute atomic E-state index is 0.0693. The maximum atomic E-state index is 13.2. The van der Waals surface area contributed by atoms with Gasteiger partial charge in [0.15, 0.2) is 0 Å². The van der Waals surface area contributed by atoms with E-state index < -0.39 is 18.2 Å². The third kappa shape index (κ3) is 39.2. The fourth-order valence-electron chi connectivity index (χ4n) is 7.48. The maximum absolute atomic E-state index is 13.2. The van der Waals surface area contributed by atoms with Crippen LogP contribution in [-0.4, -0.2) is 46.9 Å². The van der Waals surface area contributed by atoms with E-state index in [-0.39, 0.29) is 24.9 Å². The lowest BCUT2D eigenvalue weighted by atomic mass is 10.0. The Morgan fingerprint density at radius 3 is 1.29 bits per heavy atom. The second-order valence-corrected chi connectivity index (χ2v) is 16.9. The summed E-state index contributed by atoms with van der Waals surface area (Å²) >= 11 is 0. The summed E-state index contributed by atoms with van der Waals surface area (Å²) < 4.78 is 5.91. The van der Waals surface area contributed by atoms with Crippen LogP contribution in [0.25, 0.3) is 0 Å². The summed E-state index contributed by atoms with van der Waals surface area (Å²) in [7, 11) is 0. The molecule has 6 heteroatoms. The third-order valence-corrected chi connectivity index (χ3v) is 11.3. The van der Waals surface area contributed by atoms with Crippen LogP contribution in [0, 0.1) is 0 Å². The first kappa shape index (κ1) is 54.3. The number of nitrogens with one attached hydrogen (secondary N) is 1. The van der Waals surface area contributed by atoms with E-state index in [4.69, 9.17) is 4.74 Å². The maximum Gasteiger partial charge on any atom is 0.306 e. The number of esters is 1. The van der Waals surface area contributed by atoms with Gasteiger partial charge in [0.25, 0.3) is 0 Å². The number of rotatable bonds is 44. The zero-order chi connectivity index (χ0) is 41.0. The van der Waals surface area contributed by atoms with Gasteiger partial charge in [0.05, 0.1) is 25.2 Å². The van der Waals surface area contributed by atoms with Crippen molar-refractivity contribution in [2.24, 2.45) is 0 Å². The molecule has 0 heterocycles. The van der Waals surface area contributed by atoms with Gasteiger partial charge in [0.1, 0.15) is 6.10 Å². The van der Waals surface area contributed by atoms with E-state index in [0.717, 1.165) is 70.6 Å². The van der Waals surface area contributed by atoms with E-state index in [0.29, 0.717) is 19.3 Å². The number of aliphatic hydroxyl groups is 2. The summed E-state index contributed by atoms with van der Waals surface area (Å²) in [6.07, 6.45) is 49.5. The first-order chi connectivity index (χ1) is 27.5. The molecule has 0 aliphatic heterocycles. The molecule has 0 saturated heterocycles. The first-order valence-electron chi connectivity index (χ1n) is 24.6. The van der Waals surface area contributed by atoms with Crippen molar-refractivity contribution >= 4 is 11.9 Å². The van der Waals surface area contributed by atoms with Crippen LogP contribution in [0.1, 0.15) is 258 Å². The first-order valence-corrected chi connectivity index (χ1v) is 24.6. The molecule has 0 aromatic heterocycles. The van der Waals surface area contributed by atoms with Crippen LogP contribution in [0.4, 0.5) is 0 Å². The van der Waals surface area contributed by atoms with Gasteiger partial charge in [-0.15, -0.1) is 0 Å². The van der Waals surface area contributed by atoms with Crippen molar-refractivity contribution in [1.82, 2.24) is 5.32 Å². The number of unbranched alkanes of at least 4 members (excludes halogenated alkanes) is 28. The molecule has 6 nitrogen and oxygen atoms in total. The molecule has 56 heavy (non-hydrogen) atoms. The Hall–Kier alpha value is -1.66. The van der Waals surface area contributed by atoms with Crippen molar-refractivity contribution in [2.75, 3.05) is 6.61 Å². The monoisotopic (exact) mass is 790 g/mol. The number of aliphatic hydroxyl groups excluding tert-OH is 2. The molecule has 0 aliphatic carbocycles. The van der Waals surface area contributed by atoms with Crippen LogP contribution in [-0.2, 0) is 14.3 Å². The lowest BCUT2D eigenvalue weighted by Gasteiger charge is -2.24. The molecule has 0 rings (SSSR count). The van der Waals surface area contributed by atoms with E-state index >= 15 is 0 Å². The van der Waals surface area contributed by atoms with Crippen molar-refractivity contribution in [1.29, 1.82) is 0 Å². The van der Waals surface area contributed by atoms with Crippen molar-refractivity contribution in [2.45, 2.75) is 277 Å². The smallest absolute Gasteiger partial charge is 0.306 e. The highest BCUT2D eigenvalue weighted by Gasteiger charge is 2.24. The minimum Gasteiger partial charge on any atom is -0.462 e. The standard InChI is InChI=1S/C50H95NO5/c1-4-7-10-13-16-19-22-24-27-29-32-35-38-41-46(56-50(55)43-40-37-34-31-28-25-23-20-17-14-11-8-5-2)44-49(54)51-47(45-52)48(53)42-39-36-33-30-26-21-18-15-12-9-6-3/h19,22,25,28,46-48,52-53H,4-18,20-21,23-24,26-27,29-45H2,1-3H3,(H,51,54)/b22-19-,28-25-. The molecule has 1 amide bonds. The van der Waals surface area contributed by atoms with Crippen LogP contribution in [0.5, 0.6) is 0 Å². The molecule has 0 aliphatic rings. The molecular weight excluding hydrogens is 695 g/mol. The van der Waals surface area contributed by atoms with Gasteiger partial charge < -0.3 is 20.3 Å². The number of ether oxygens (including phenoxy) is 1. The molecule has 0 saturated carbocycles. The SMILES string of the molecule is CCCCCC/C=C\CCCCCCCC(CC(=O)NC(CO)C(O)CCCCCCCCCCCCC)OC(=O)CCCCC/C=C\CCCCCCCC. The quantitative estimate of drug-likeness (QED) is 0.0324. The molecule has 330 valence electrons. The molecule has 3 atom stereocenters. The van der Waals surface area contributed by atoms with Crippen molar-refractivity contribution in [3.63, 3.8) is 0 Å². The third-order valence-electron chi connectivity index (χ3n) is 11.3. The Labute approximate surface area is 348 Å². The zero-order valence-electron chi connectivity index (χ0n) is 37.5. The number of carbonyl (C=O) groups is 2. The molecule has 0 aromatic rings. The zero-order valence-corrected chi connectivity index (χ0v) is 37.5. The Kier molecular flexibility index (Phi) is 43.1. The van der Waals surface area contributed by atoms with Gasteiger partial charge in [-0.25, -0.2) is 0 Å². The van der Waals surface area contributed by atoms with Gasteiger partial charge >= 0.3 is 5.97 Å². The molecule has 3 N–H and O–H groups in total. The number of hydrogen-bond acceptors (Lipinski definition) is 5. The van der Waals surface area contributed by atoms with Crippen LogP contribution < -0.4 is 5.32 Å². The summed E-state index contributed by atoms with van der Waals surface area (Å²) in [6.45, 7) is 6.45. The lowest BCUT2D eigenvalue weighted by Crippen LogP contribution is -2.46. The number of allylic oxidation sites excluding steroid dienone is 4. The lowest BCUT2D eigenvalue weighted by molar-refractivity contribution is -0.151. The largest absolute Gasteiger partial charge is 0.462 e. The van der Waals surface area contributed by atoms with E-state index in [1.165, 1.54) is 141 Å². The van der Waals surface area contributed by atoms with E-state index in [9.17, 15) is 19.8 Å². The van der Waals surface area contributed by atoms with Gasteiger partial charge in [-0.3, -0.25) is 9.59 Å². The van der Waals surface area contributed by atoms with Crippen LogP contribution in [0.2, 0.25) is 0 Å². The Morgan fingerprint density at radius 1 is 0.500 bits per heavy atom.